The molecule has 0 aliphatic carbocycles. The van der Waals surface area contributed by atoms with Crippen LogP contribution in [0.5, 0.6) is 0 Å². The van der Waals surface area contributed by atoms with Crippen LogP contribution in [-0.2, 0) is 9.59 Å². The van der Waals surface area contributed by atoms with Gasteiger partial charge >= 0.3 is 11.8 Å². The molecule has 0 aromatic carbocycles. The summed E-state index contributed by atoms with van der Waals surface area (Å²) in [6.07, 6.45) is 1.56. The molecule has 2 amide bonds. The summed E-state index contributed by atoms with van der Waals surface area (Å²) in [6, 6.07) is -0.0222. The van der Waals surface area contributed by atoms with Crippen LogP contribution in [0.15, 0.2) is 0 Å². The maximum absolute atomic E-state index is 11.4. The van der Waals surface area contributed by atoms with E-state index >= 15 is 0 Å². The van der Waals surface area contributed by atoms with Crippen LogP contribution in [0.25, 0.3) is 0 Å². The number of piperidine rings is 1. The van der Waals surface area contributed by atoms with Crippen molar-refractivity contribution in [1.82, 2.24) is 16.1 Å². The van der Waals surface area contributed by atoms with Crippen LogP contribution >= 0.6 is 0 Å². The lowest BCUT2D eigenvalue weighted by atomic mass is 9.79. The van der Waals surface area contributed by atoms with Crippen LogP contribution in [0.3, 0.4) is 0 Å². The first-order valence-electron chi connectivity index (χ1n) is 5.76. The SMILES string of the molecule is CC1(C)CC(NC(=O)C(=O)NN)CC(C)(C)N1. The molecule has 1 fully saturated rings. The maximum atomic E-state index is 11.4. The zero-order valence-corrected chi connectivity index (χ0v) is 10.9. The average Bonchev–Trinajstić information content (AvgIpc) is 2.11. The second-order valence-electron chi connectivity index (χ2n) is 5.94. The van der Waals surface area contributed by atoms with Gasteiger partial charge in [-0.1, -0.05) is 0 Å². The molecule has 0 bridgehead atoms. The Morgan fingerprint density at radius 1 is 1.12 bits per heavy atom. The summed E-state index contributed by atoms with van der Waals surface area (Å²) in [5, 5.41) is 6.21. The monoisotopic (exact) mass is 242 g/mol. The number of rotatable bonds is 1. The van der Waals surface area contributed by atoms with Crippen molar-refractivity contribution < 1.29 is 9.59 Å². The summed E-state index contributed by atoms with van der Waals surface area (Å²) in [5.41, 5.74) is 1.69. The van der Waals surface area contributed by atoms with Gasteiger partial charge in [-0.15, -0.1) is 0 Å². The predicted octanol–water partition coefficient (Wildman–Crippen LogP) is -0.598. The molecular formula is C11H22N4O2. The second-order valence-corrected chi connectivity index (χ2v) is 5.94. The first-order chi connectivity index (χ1) is 7.65. The second kappa shape index (κ2) is 4.62. The Labute approximate surface area is 102 Å². The van der Waals surface area contributed by atoms with Gasteiger partial charge in [0.25, 0.3) is 0 Å². The molecule has 6 heteroatoms. The lowest BCUT2D eigenvalue weighted by molar-refractivity contribution is -0.140. The Bertz CT molecular complexity index is 309. The molecule has 0 unspecified atom stereocenters. The van der Waals surface area contributed by atoms with Crippen molar-refractivity contribution in [3.8, 4) is 0 Å². The lowest BCUT2D eigenvalue weighted by Crippen LogP contribution is -2.63. The Kier molecular flexibility index (Phi) is 3.78. The van der Waals surface area contributed by atoms with Crippen LogP contribution in [-0.4, -0.2) is 28.9 Å². The molecule has 0 spiro atoms. The van der Waals surface area contributed by atoms with Crippen molar-refractivity contribution in [2.45, 2.75) is 57.7 Å². The molecule has 1 saturated heterocycles. The van der Waals surface area contributed by atoms with E-state index in [9.17, 15) is 9.59 Å². The van der Waals surface area contributed by atoms with Gasteiger partial charge < -0.3 is 10.6 Å². The van der Waals surface area contributed by atoms with E-state index in [1.807, 2.05) is 5.43 Å². The van der Waals surface area contributed by atoms with Crippen molar-refractivity contribution in [3.63, 3.8) is 0 Å². The number of carbonyl (C=O) groups excluding carboxylic acids is 2. The van der Waals surface area contributed by atoms with E-state index < -0.39 is 11.8 Å². The number of carbonyl (C=O) groups is 2. The first-order valence-corrected chi connectivity index (χ1v) is 5.76. The van der Waals surface area contributed by atoms with Crippen molar-refractivity contribution in [2.75, 3.05) is 0 Å². The van der Waals surface area contributed by atoms with Gasteiger partial charge in [0.1, 0.15) is 0 Å². The number of nitrogens with two attached hydrogens (primary N) is 1. The average molecular weight is 242 g/mol. The third-order valence-electron chi connectivity index (χ3n) is 2.86. The molecule has 0 aromatic heterocycles. The van der Waals surface area contributed by atoms with E-state index in [1.54, 1.807) is 0 Å². The highest BCUT2D eigenvalue weighted by Gasteiger charge is 2.38. The Balaban J connectivity index is 2.66. The zero-order chi connectivity index (χ0) is 13.3. The molecule has 98 valence electrons. The van der Waals surface area contributed by atoms with Gasteiger partial charge in [-0.2, -0.15) is 0 Å². The summed E-state index contributed by atoms with van der Waals surface area (Å²) < 4.78 is 0. The first kappa shape index (κ1) is 13.9. The minimum atomic E-state index is -0.806. The van der Waals surface area contributed by atoms with E-state index in [2.05, 4.69) is 38.3 Å². The zero-order valence-electron chi connectivity index (χ0n) is 10.9. The number of amides is 2. The van der Waals surface area contributed by atoms with E-state index in [4.69, 9.17) is 5.84 Å². The smallest absolute Gasteiger partial charge is 0.323 e. The summed E-state index contributed by atoms with van der Waals surface area (Å²) >= 11 is 0. The lowest BCUT2D eigenvalue weighted by Gasteiger charge is -2.46. The molecule has 1 rings (SSSR count). The third-order valence-corrected chi connectivity index (χ3v) is 2.86. The summed E-state index contributed by atoms with van der Waals surface area (Å²) in [7, 11) is 0. The molecular weight excluding hydrogens is 220 g/mol. The Morgan fingerprint density at radius 2 is 1.59 bits per heavy atom. The topological polar surface area (TPSA) is 96.2 Å². The van der Waals surface area contributed by atoms with Crippen molar-refractivity contribution in [1.29, 1.82) is 0 Å². The van der Waals surface area contributed by atoms with Gasteiger partial charge in [-0.3, -0.25) is 15.0 Å². The normalized spacial score (nSPS) is 22.9. The van der Waals surface area contributed by atoms with Crippen molar-refractivity contribution in [2.24, 2.45) is 5.84 Å². The standard InChI is InChI=1S/C11H22N4O2/c1-10(2)5-7(6-11(3,4)15-10)13-8(16)9(17)14-12/h7,15H,5-6,12H2,1-4H3,(H,13,16)(H,14,17). The van der Waals surface area contributed by atoms with Gasteiger partial charge in [0.05, 0.1) is 0 Å². The summed E-state index contributed by atoms with van der Waals surface area (Å²) in [6.45, 7) is 8.32. The van der Waals surface area contributed by atoms with Crippen LogP contribution < -0.4 is 21.9 Å². The fourth-order valence-corrected chi connectivity index (χ4v) is 2.74. The minimum Gasteiger partial charge on any atom is -0.345 e. The Hall–Kier alpha value is -1.14. The van der Waals surface area contributed by atoms with Crippen LogP contribution in [0, 0.1) is 0 Å². The molecule has 6 nitrogen and oxygen atoms in total. The molecule has 1 heterocycles. The van der Waals surface area contributed by atoms with Gasteiger partial charge in [0.15, 0.2) is 0 Å². The van der Waals surface area contributed by atoms with Crippen LogP contribution in [0.1, 0.15) is 40.5 Å². The largest absolute Gasteiger partial charge is 0.345 e. The van der Waals surface area contributed by atoms with Gasteiger partial charge in [-0.25, -0.2) is 5.84 Å². The molecule has 0 aromatic rings. The molecule has 5 N–H and O–H groups in total. The summed E-state index contributed by atoms with van der Waals surface area (Å²) in [4.78, 5) is 22.5. The number of hydrogen-bond donors (Lipinski definition) is 4. The molecule has 0 saturated carbocycles. The van der Waals surface area contributed by atoms with E-state index in [-0.39, 0.29) is 17.1 Å². The number of nitrogens with one attached hydrogen (secondary N) is 3. The quantitative estimate of drug-likeness (QED) is 0.214. The van der Waals surface area contributed by atoms with E-state index in [0.29, 0.717) is 0 Å². The molecule has 1 aliphatic heterocycles. The molecule has 1 aliphatic rings. The molecule has 17 heavy (non-hydrogen) atoms. The maximum Gasteiger partial charge on any atom is 0.323 e. The number of hydrazine groups is 1. The highest BCUT2D eigenvalue weighted by atomic mass is 16.2. The summed E-state index contributed by atoms with van der Waals surface area (Å²) in [5.74, 6) is 3.43. The van der Waals surface area contributed by atoms with E-state index in [1.165, 1.54) is 0 Å². The van der Waals surface area contributed by atoms with Crippen molar-refractivity contribution >= 4 is 11.8 Å². The van der Waals surface area contributed by atoms with Gasteiger partial charge in [0.2, 0.25) is 0 Å². The highest BCUT2D eigenvalue weighted by molar-refractivity contribution is 6.34. The molecule has 0 atom stereocenters. The third kappa shape index (κ3) is 3.98. The van der Waals surface area contributed by atoms with Crippen molar-refractivity contribution in [3.05, 3.63) is 0 Å². The number of hydrogen-bond acceptors (Lipinski definition) is 4. The fourth-order valence-electron chi connectivity index (χ4n) is 2.74. The van der Waals surface area contributed by atoms with Crippen LogP contribution in [0.4, 0.5) is 0 Å². The fraction of sp³-hybridized carbons (Fsp3) is 0.818. The van der Waals surface area contributed by atoms with Gasteiger partial charge in [0, 0.05) is 17.1 Å². The van der Waals surface area contributed by atoms with E-state index in [0.717, 1.165) is 12.8 Å². The Morgan fingerprint density at radius 3 is 2.00 bits per heavy atom. The predicted molar refractivity (Wildman–Crippen MR) is 64.8 cm³/mol. The van der Waals surface area contributed by atoms with Gasteiger partial charge in [-0.05, 0) is 40.5 Å². The molecule has 0 radical (unpaired) electrons. The van der Waals surface area contributed by atoms with Crippen LogP contribution in [0.2, 0.25) is 0 Å². The minimum absolute atomic E-state index is 0.0222. The highest BCUT2D eigenvalue weighted by Crippen LogP contribution is 2.28.